The SMILES string of the molecule is COC(=O)C(C)CN(C)c1ccc(Br)cc1C(N)=S. The van der Waals surface area contributed by atoms with Crippen molar-refractivity contribution in [1.82, 2.24) is 0 Å². The highest BCUT2D eigenvalue weighted by molar-refractivity contribution is 9.10. The Kier molecular flexibility index (Phi) is 5.75. The van der Waals surface area contributed by atoms with Gasteiger partial charge in [0.15, 0.2) is 0 Å². The van der Waals surface area contributed by atoms with Crippen LogP contribution in [0.4, 0.5) is 5.69 Å². The zero-order chi connectivity index (χ0) is 14.6. The third kappa shape index (κ3) is 4.18. The molecule has 0 aliphatic rings. The molecule has 1 atom stereocenters. The van der Waals surface area contributed by atoms with Crippen molar-refractivity contribution in [3.63, 3.8) is 0 Å². The normalized spacial score (nSPS) is 11.8. The second kappa shape index (κ2) is 6.86. The molecule has 0 spiro atoms. The molecule has 0 aromatic heterocycles. The molecule has 0 saturated heterocycles. The van der Waals surface area contributed by atoms with Crippen LogP contribution in [0, 0.1) is 5.92 Å². The number of nitrogens with zero attached hydrogens (tertiary/aromatic N) is 1. The van der Waals surface area contributed by atoms with E-state index in [1.54, 1.807) is 0 Å². The maximum absolute atomic E-state index is 11.4. The van der Waals surface area contributed by atoms with Gasteiger partial charge in [0.05, 0.1) is 13.0 Å². The van der Waals surface area contributed by atoms with E-state index in [0.29, 0.717) is 11.5 Å². The summed E-state index contributed by atoms with van der Waals surface area (Å²) in [6, 6.07) is 5.70. The topological polar surface area (TPSA) is 55.6 Å². The molecule has 0 heterocycles. The number of thiocarbonyl (C=S) groups is 1. The summed E-state index contributed by atoms with van der Waals surface area (Å²) in [4.78, 5) is 13.7. The molecule has 0 aliphatic heterocycles. The number of rotatable bonds is 5. The molecule has 4 nitrogen and oxygen atoms in total. The van der Waals surface area contributed by atoms with Gasteiger partial charge in [-0.15, -0.1) is 0 Å². The lowest BCUT2D eigenvalue weighted by Gasteiger charge is -2.24. The summed E-state index contributed by atoms with van der Waals surface area (Å²) in [5, 5.41) is 0. The lowest BCUT2D eigenvalue weighted by molar-refractivity contribution is -0.144. The Morgan fingerprint density at radius 2 is 2.21 bits per heavy atom. The highest BCUT2D eigenvalue weighted by Crippen LogP contribution is 2.24. The monoisotopic (exact) mass is 344 g/mol. The largest absolute Gasteiger partial charge is 0.469 e. The van der Waals surface area contributed by atoms with E-state index in [2.05, 4.69) is 15.9 Å². The Labute approximate surface area is 127 Å². The first-order chi connectivity index (χ1) is 8.86. The smallest absolute Gasteiger partial charge is 0.310 e. The third-order valence-corrected chi connectivity index (χ3v) is 3.50. The van der Waals surface area contributed by atoms with Crippen LogP contribution >= 0.6 is 28.1 Å². The quantitative estimate of drug-likeness (QED) is 0.656. The van der Waals surface area contributed by atoms with Crippen molar-refractivity contribution >= 4 is 44.8 Å². The minimum Gasteiger partial charge on any atom is -0.469 e. The predicted octanol–water partition coefficient (Wildman–Crippen LogP) is 2.33. The van der Waals surface area contributed by atoms with Crippen LogP contribution < -0.4 is 10.6 Å². The molecule has 6 heteroatoms. The number of anilines is 1. The third-order valence-electron chi connectivity index (χ3n) is 2.79. The van der Waals surface area contributed by atoms with Crippen LogP contribution in [0.25, 0.3) is 0 Å². The van der Waals surface area contributed by atoms with E-state index in [9.17, 15) is 4.79 Å². The molecule has 1 rings (SSSR count). The van der Waals surface area contributed by atoms with E-state index in [1.807, 2.05) is 37.1 Å². The van der Waals surface area contributed by atoms with Gasteiger partial charge in [-0.25, -0.2) is 0 Å². The van der Waals surface area contributed by atoms with E-state index in [1.165, 1.54) is 7.11 Å². The number of benzene rings is 1. The van der Waals surface area contributed by atoms with Crippen LogP contribution in [0.15, 0.2) is 22.7 Å². The number of carbonyl (C=O) groups is 1. The molecule has 2 N–H and O–H groups in total. The Morgan fingerprint density at radius 3 is 2.74 bits per heavy atom. The van der Waals surface area contributed by atoms with E-state index in [4.69, 9.17) is 22.7 Å². The zero-order valence-electron chi connectivity index (χ0n) is 11.1. The van der Waals surface area contributed by atoms with Gasteiger partial charge in [0, 0.05) is 29.3 Å². The number of nitrogens with two attached hydrogens (primary N) is 1. The number of hydrogen-bond acceptors (Lipinski definition) is 4. The Bertz CT molecular complexity index is 494. The van der Waals surface area contributed by atoms with Crippen molar-refractivity contribution in [2.75, 3.05) is 25.6 Å². The van der Waals surface area contributed by atoms with Crippen LogP contribution in [-0.2, 0) is 9.53 Å². The zero-order valence-corrected chi connectivity index (χ0v) is 13.5. The van der Waals surface area contributed by atoms with Gasteiger partial charge in [0.25, 0.3) is 0 Å². The molecule has 0 amide bonds. The minimum absolute atomic E-state index is 0.224. The van der Waals surface area contributed by atoms with Crippen LogP contribution in [0.3, 0.4) is 0 Å². The fraction of sp³-hybridized carbons (Fsp3) is 0.385. The Balaban J connectivity index is 2.96. The summed E-state index contributed by atoms with van der Waals surface area (Å²) in [6.07, 6.45) is 0. The summed E-state index contributed by atoms with van der Waals surface area (Å²) in [5.74, 6) is -0.460. The number of ether oxygens (including phenoxy) is 1. The van der Waals surface area contributed by atoms with E-state index >= 15 is 0 Å². The van der Waals surface area contributed by atoms with Crippen molar-refractivity contribution in [1.29, 1.82) is 0 Å². The average molecular weight is 345 g/mol. The van der Waals surface area contributed by atoms with Gasteiger partial charge in [0.2, 0.25) is 0 Å². The van der Waals surface area contributed by atoms with Gasteiger partial charge in [0.1, 0.15) is 4.99 Å². The number of halogens is 1. The number of hydrogen-bond donors (Lipinski definition) is 1. The standard InChI is InChI=1S/C13H17BrN2O2S/c1-8(13(17)18-3)7-16(2)11-5-4-9(14)6-10(11)12(15)19/h4-6,8H,7H2,1-3H3,(H2,15,19). The molecule has 0 saturated carbocycles. The highest BCUT2D eigenvalue weighted by Gasteiger charge is 2.18. The number of methoxy groups -OCH3 is 1. The van der Waals surface area contributed by atoms with Crippen LogP contribution in [0.1, 0.15) is 12.5 Å². The van der Waals surface area contributed by atoms with E-state index in [0.717, 1.165) is 15.7 Å². The van der Waals surface area contributed by atoms with Gasteiger partial charge >= 0.3 is 5.97 Å². The predicted molar refractivity (Wildman–Crippen MR) is 84.5 cm³/mol. The maximum Gasteiger partial charge on any atom is 0.310 e. The fourth-order valence-corrected chi connectivity index (χ4v) is 2.35. The first-order valence-corrected chi connectivity index (χ1v) is 6.95. The summed E-state index contributed by atoms with van der Waals surface area (Å²) >= 11 is 8.45. The lowest BCUT2D eigenvalue weighted by Crippen LogP contribution is -2.30. The van der Waals surface area contributed by atoms with Crippen LogP contribution in [0.5, 0.6) is 0 Å². The van der Waals surface area contributed by atoms with Crippen molar-refractivity contribution in [2.24, 2.45) is 11.7 Å². The molecule has 1 unspecified atom stereocenters. The summed E-state index contributed by atoms with van der Waals surface area (Å²) in [6.45, 7) is 2.35. The van der Waals surface area contributed by atoms with Crippen molar-refractivity contribution in [2.45, 2.75) is 6.92 Å². The van der Waals surface area contributed by atoms with Crippen LogP contribution in [-0.4, -0.2) is 31.7 Å². The summed E-state index contributed by atoms with van der Waals surface area (Å²) in [7, 11) is 3.28. The maximum atomic E-state index is 11.4. The molecule has 0 aliphatic carbocycles. The molecule has 104 valence electrons. The molecule has 1 aromatic rings. The summed E-state index contributed by atoms with van der Waals surface area (Å²) in [5.41, 5.74) is 7.41. The molecular formula is C13H17BrN2O2S. The average Bonchev–Trinajstić information content (AvgIpc) is 2.37. The molecular weight excluding hydrogens is 328 g/mol. The Morgan fingerprint density at radius 1 is 1.58 bits per heavy atom. The van der Waals surface area contributed by atoms with Crippen molar-refractivity contribution in [3.05, 3.63) is 28.2 Å². The van der Waals surface area contributed by atoms with Gasteiger partial charge in [-0.1, -0.05) is 35.1 Å². The molecule has 19 heavy (non-hydrogen) atoms. The molecule has 0 bridgehead atoms. The second-order valence-corrected chi connectivity index (χ2v) is 5.69. The molecule has 0 radical (unpaired) electrons. The van der Waals surface area contributed by atoms with E-state index < -0.39 is 0 Å². The number of carbonyl (C=O) groups excluding carboxylic acids is 1. The van der Waals surface area contributed by atoms with Gasteiger partial charge in [-0.05, 0) is 18.2 Å². The van der Waals surface area contributed by atoms with E-state index in [-0.39, 0.29) is 11.9 Å². The number of esters is 1. The van der Waals surface area contributed by atoms with Crippen LogP contribution in [0.2, 0.25) is 0 Å². The van der Waals surface area contributed by atoms with Gasteiger partial charge in [-0.2, -0.15) is 0 Å². The van der Waals surface area contributed by atoms with Gasteiger partial charge in [-0.3, -0.25) is 4.79 Å². The molecule has 1 aromatic carbocycles. The fourth-order valence-electron chi connectivity index (χ4n) is 1.82. The minimum atomic E-state index is -0.235. The Hall–Kier alpha value is -1.14. The lowest BCUT2D eigenvalue weighted by atomic mass is 10.1. The first kappa shape index (κ1) is 15.9. The first-order valence-electron chi connectivity index (χ1n) is 5.75. The molecule has 0 fully saturated rings. The van der Waals surface area contributed by atoms with Crippen molar-refractivity contribution in [3.8, 4) is 0 Å². The highest BCUT2D eigenvalue weighted by atomic mass is 79.9. The van der Waals surface area contributed by atoms with Gasteiger partial charge < -0.3 is 15.4 Å². The van der Waals surface area contributed by atoms with Crippen molar-refractivity contribution < 1.29 is 9.53 Å². The summed E-state index contributed by atoms with van der Waals surface area (Å²) < 4.78 is 5.63. The second-order valence-electron chi connectivity index (χ2n) is 4.33.